The number of nitrogens with one attached hydrogen (secondary N) is 1. The van der Waals surface area contributed by atoms with Crippen LogP contribution in [0.15, 0.2) is 53.4 Å². The summed E-state index contributed by atoms with van der Waals surface area (Å²) in [7, 11) is -4.36. The lowest BCUT2D eigenvalue weighted by molar-refractivity contribution is -0.137. The van der Waals surface area contributed by atoms with Crippen molar-refractivity contribution in [3.05, 3.63) is 59.1 Å². The van der Waals surface area contributed by atoms with Gasteiger partial charge in [0.25, 0.3) is 10.0 Å². The van der Waals surface area contributed by atoms with Gasteiger partial charge in [0.2, 0.25) is 5.91 Å². The lowest BCUT2D eigenvalue weighted by atomic mass is 10.2. The highest BCUT2D eigenvalue weighted by Crippen LogP contribution is 2.37. The summed E-state index contributed by atoms with van der Waals surface area (Å²) in [5.41, 5.74) is -1.50. The minimum atomic E-state index is -4.71. The van der Waals surface area contributed by atoms with Crippen molar-refractivity contribution in [2.45, 2.75) is 37.4 Å². The minimum Gasteiger partial charge on any atom is -0.352 e. The summed E-state index contributed by atoms with van der Waals surface area (Å²) in [4.78, 5) is 12.2. The zero-order valence-corrected chi connectivity index (χ0v) is 17.3. The third-order valence-corrected chi connectivity index (χ3v) is 6.27. The number of benzene rings is 2. The second-order valence-electron chi connectivity index (χ2n) is 6.37. The summed E-state index contributed by atoms with van der Waals surface area (Å²) in [5, 5.41) is 2.38. The van der Waals surface area contributed by atoms with Crippen molar-refractivity contribution in [2.24, 2.45) is 0 Å². The van der Waals surface area contributed by atoms with Crippen molar-refractivity contribution in [1.29, 1.82) is 0 Å². The molecule has 0 fully saturated rings. The van der Waals surface area contributed by atoms with E-state index in [2.05, 4.69) is 5.32 Å². The highest BCUT2D eigenvalue weighted by atomic mass is 35.5. The molecule has 0 aliphatic rings. The van der Waals surface area contributed by atoms with Crippen LogP contribution in [-0.4, -0.2) is 26.9 Å². The highest BCUT2D eigenvalue weighted by Gasteiger charge is 2.34. The summed E-state index contributed by atoms with van der Waals surface area (Å²) in [6.45, 7) is 2.83. The minimum absolute atomic E-state index is 0.176. The molecule has 2 rings (SSSR count). The number of nitrogens with zero attached hydrogens (tertiary/aromatic N) is 1. The van der Waals surface area contributed by atoms with Gasteiger partial charge in [0.1, 0.15) is 6.54 Å². The molecule has 1 unspecified atom stereocenters. The van der Waals surface area contributed by atoms with Gasteiger partial charge >= 0.3 is 6.18 Å². The second kappa shape index (κ2) is 9.04. The number of carbonyl (C=O) groups is 1. The van der Waals surface area contributed by atoms with E-state index in [1.165, 1.54) is 24.3 Å². The van der Waals surface area contributed by atoms with E-state index >= 15 is 0 Å². The molecule has 1 N–H and O–H groups in total. The Bertz CT molecular complexity index is 966. The fourth-order valence-corrected chi connectivity index (χ4v) is 4.17. The SMILES string of the molecule is CCC(C)NC(=O)CN(c1cc(C(F)(F)F)ccc1Cl)S(=O)(=O)c1ccccc1. The van der Waals surface area contributed by atoms with E-state index in [1.807, 2.05) is 6.92 Å². The molecule has 1 amide bonds. The molecule has 0 saturated heterocycles. The zero-order valence-electron chi connectivity index (χ0n) is 15.7. The summed E-state index contributed by atoms with van der Waals surface area (Å²) in [6.07, 6.45) is -4.11. The van der Waals surface area contributed by atoms with Crippen LogP contribution in [-0.2, 0) is 21.0 Å². The maximum absolute atomic E-state index is 13.2. The average molecular weight is 449 g/mol. The van der Waals surface area contributed by atoms with Gasteiger partial charge in [-0.2, -0.15) is 13.2 Å². The first-order valence-corrected chi connectivity index (χ1v) is 10.5. The number of sulfonamides is 1. The van der Waals surface area contributed by atoms with Crippen LogP contribution in [0.25, 0.3) is 0 Å². The van der Waals surface area contributed by atoms with Crippen LogP contribution in [0.3, 0.4) is 0 Å². The maximum atomic E-state index is 13.2. The number of alkyl halides is 3. The van der Waals surface area contributed by atoms with E-state index in [9.17, 15) is 26.4 Å². The summed E-state index contributed by atoms with van der Waals surface area (Å²) >= 11 is 6.05. The molecule has 0 aliphatic carbocycles. The van der Waals surface area contributed by atoms with Gasteiger partial charge in [0.15, 0.2) is 0 Å². The lowest BCUT2D eigenvalue weighted by Crippen LogP contribution is -2.43. The van der Waals surface area contributed by atoms with E-state index in [0.29, 0.717) is 16.8 Å². The molecule has 10 heteroatoms. The van der Waals surface area contributed by atoms with E-state index < -0.39 is 39.9 Å². The van der Waals surface area contributed by atoms with Crippen molar-refractivity contribution in [2.75, 3.05) is 10.8 Å². The number of hydrogen-bond acceptors (Lipinski definition) is 3. The van der Waals surface area contributed by atoms with Gasteiger partial charge in [-0.3, -0.25) is 9.10 Å². The molecule has 0 spiro atoms. The molecule has 2 aromatic rings. The Kier molecular flexibility index (Phi) is 7.18. The van der Waals surface area contributed by atoms with Crippen LogP contribution in [0.1, 0.15) is 25.8 Å². The van der Waals surface area contributed by atoms with Crippen molar-refractivity contribution >= 4 is 33.2 Å². The third-order valence-electron chi connectivity index (χ3n) is 4.18. The van der Waals surface area contributed by atoms with Crippen LogP contribution in [0.2, 0.25) is 5.02 Å². The molecular weight excluding hydrogens is 429 g/mol. The average Bonchev–Trinajstić information content (AvgIpc) is 2.66. The largest absolute Gasteiger partial charge is 0.416 e. The first-order valence-electron chi connectivity index (χ1n) is 8.70. The summed E-state index contributed by atoms with van der Waals surface area (Å²) in [6, 6.07) is 9.21. The van der Waals surface area contributed by atoms with E-state index in [-0.39, 0.29) is 16.0 Å². The number of amides is 1. The van der Waals surface area contributed by atoms with Crippen molar-refractivity contribution in [3.63, 3.8) is 0 Å². The molecule has 0 saturated carbocycles. The maximum Gasteiger partial charge on any atom is 0.416 e. The van der Waals surface area contributed by atoms with Crippen LogP contribution >= 0.6 is 11.6 Å². The molecule has 29 heavy (non-hydrogen) atoms. The van der Waals surface area contributed by atoms with Gasteiger partial charge in [0, 0.05) is 6.04 Å². The number of halogens is 4. The molecule has 0 bridgehead atoms. The number of rotatable bonds is 7. The van der Waals surface area contributed by atoms with Gasteiger partial charge < -0.3 is 5.32 Å². The van der Waals surface area contributed by atoms with Gasteiger partial charge in [-0.1, -0.05) is 36.7 Å². The molecule has 0 heterocycles. The van der Waals surface area contributed by atoms with Crippen molar-refractivity contribution in [3.8, 4) is 0 Å². The fraction of sp³-hybridized carbons (Fsp3) is 0.316. The normalized spacial score (nSPS) is 13.0. The van der Waals surface area contributed by atoms with Gasteiger partial charge in [0.05, 0.1) is 21.2 Å². The highest BCUT2D eigenvalue weighted by molar-refractivity contribution is 7.92. The Labute approximate surface area is 172 Å². The third kappa shape index (κ3) is 5.63. The molecular formula is C19H20ClF3N2O3S. The number of anilines is 1. The van der Waals surface area contributed by atoms with Crippen LogP contribution in [0.5, 0.6) is 0 Å². The lowest BCUT2D eigenvalue weighted by Gasteiger charge is -2.26. The van der Waals surface area contributed by atoms with Crippen molar-refractivity contribution < 1.29 is 26.4 Å². The second-order valence-corrected chi connectivity index (χ2v) is 8.64. The molecule has 5 nitrogen and oxygen atoms in total. The quantitative estimate of drug-likeness (QED) is 0.679. The standard InChI is InChI=1S/C19H20ClF3N2O3S/c1-3-13(2)24-18(26)12-25(29(27,28)15-7-5-4-6-8-15)17-11-14(19(21,22)23)9-10-16(17)20/h4-11,13H,3,12H2,1-2H3,(H,24,26). The Hall–Kier alpha value is -2.26. The number of hydrogen-bond donors (Lipinski definition) is 1. The van der Waals surface area contributed by atoms with E-state index in [0.717, 1.165) is 12.1 Å². The van der Waals surface area contributed by atoms with Crippen molar-refractivity contribution in [1.82, 2.24) is 5.32 Å². The topological polar surface area (TPSA) is 66.5 Å². The van der Waals surface area contributed by atoms with E-state index in [4.69, 9.17) is 11.6 Å². The molecule has 1 atom stereocenters. The summed E-state index contributed by atoms with van der Waals surface area (Å²) < 4.78 is 66.4. The molecule has 2 aromatic carbocycles. The predicted molar refractivity (Wildman–Crippen MR) is 105 cm³/mol. The summed E-state index contributed by atoms with van der Waals surface area (Å²) in [5.74, 6) is -0.660. The monoisotopic (exact) mass is 448 g/mol. The predicted octanol–water partition coefficient (Wildman–Crippen LogP) is 4.47. The Morgan fingerprint density at radius 1 is 1.17 bits per heavy atom. The smallest absolute Gasteiger partial charge is 0.352 e. The van der Waals surface area contributed by atoms with Crippen LogP contribution < -0.4 is 9.62 Å². The Morgan fingerprint density at radius 3 is 2.34 bits per heavy atom. The molecule has 0 aliphatic heterocycles. The first kappa shape index (κ1) is 23.0. The molecule has 0 radical (unpaired) electrons. The first-order chi connectivity index (χ1) is 13.5. The molecule has 0 aromatic heterocycles. The molecule has 158 valence electrons. The Morgan fingerprint density at radius 2 is 1.79 bits per heavy atom. The van der Waals surface area contributed by atoms with Crippen LogP contribution in [0, 0.1) is 0 Å². The van der Waals surface area contributed by atoms with Crippen LogP contribution in [0.4, 0.5) is 18.9 Å². The van der Waals surface area contributed by atoms with Gasteiger partial charge in [-0.25, -0.2) is 8.42 Å². The van der Waals surface area contributed by atoms with Gasteiger partial charge in [-0.05, 0) is 43.7 Å². The fourth-order valence-electron chi connectivity index (χ4n) is 2.45. The zero-order chi connectivity index (χ0) is 21.8. The number of carbonyl (C=O) groups excluding carboxylic acids is 1. The van der Waals surface area contributed by atoms with E-state index in [1.54, 1.807) is 13.0 Å². The Balaban J connectivity index is 2.58. The van der Waals surface area contributed by atoms with Gasteiger partial charge in [-0.15, -0.1) is 0 Å².